The van der Waals surface area contributed by atoms with Gasteiger partial charge in [0.15, 0.2) is 6.10 Å². The number of hydrogen-bond acceptors (Lipinski definition) is 6. The van der Waals surface area contributed by atoms with E-state index in [2.05, 4.69) is 57.2 Å². The number of carbonyl (C=O) groups excluding carboxylic acids is 3. The molecule has 0 aromatic carbocycles. The van der Waals surface area contributed by atoms with Crippen molar-refractivity contribution in [2.75, 3.05) is 13.2 Å². The fraction of sp³-hybridized carbons (Fsp3) is 0.852. The first-order valence-corrected chi connectivity index (χ1v) is 29.5. The van der Waals surface area contributed by atoms with Crippen LogP contribution in [-0.2, 0) is 28.6 Å². The molecule has 0 rings (SSSR count). The van der Waals surface area contributed by atoms with E-state index in [0.717, 1.165) is 64.2 Å². The van der Waals surface area contributed by atoms with E-state index in [1.54, 1.807) is 0 Å². The second-order valence-electron chi connectivity index (χ2n) is 19.9. The Balaban J connectivity index is 4.32. The fourth-order valence-electron chi connectivity index (χ4n) is 8.60. The largest absolute Gasteiger partial charge is 0.462 e. The molecule has 0 aromatic rings. The van der Waals surface area contributed by atoms with Gasteiger partial charge in [-0.3, -0.25) is 14.4 Å². The third-order valence-electron chi connectivity index (χ3n) is 13.1. The molecular weight excluding hydrogens is 829 g/mol. The van der Waals surface area contributed by atoms with E-state index >= 15 is 0 Å². The monoisotopic (exact) mass is 941 g/mol. The van der Waals surface area contributed by atoms with Gasteiger partial charge in [0.25, 0.3) is 0 Å². The van der Waals surface area contributed by atoms with E-state index in [0.29, 0.717) is 19.3 Å². The first kappa shape index (κ1) is 64.6. The molecule has 0 bridgehead atoms. The molecule has 67 heavy (non-hydrogen) atoms. The van der Waals surface area contributed by atoms with E-state index in [1.807, 2.05) is 0 Å². The molecule has 392 valence electrons. The molecule has 0 aliphatic carbocycles. The van der Waals surface area contributed by atoms with E-state index < -0.39 is 6.10 Å². The Morgan fingerprint density at radius 2 is 0.493 bits per heavy atom. The average Bonchev–Trinajstić information content (AvgIpc) is 3.33. The zero-order valence-corrected chi connectivity index (χ0v) is 44.9. The standard InChI is InChI=1S/C61H112O6/c1-4-7-10-13-16-19-22-25-27-29-31-33-34-36-39-42-45-48-51-54-60(63)66-57-58(56-65-59(62)53-50-47-44-41-38-24-21-18-15-12-9-6-3)67-61(64)55-52-49-46-43-40-37-35-32-30-28-26-23-20-17-14-11-8-5-2/h18,21,25,27-28,30,58H,4-17,19-20,22-24,26,29,31-57H2,1-3H3/b21-18-,27-25-,30-28-. The minimum absolute atomic E-state index is 0.0753. The molecule has 0 N–H and O–H groups in total. The number of rotatable bonds is 54. The van der Waals surface area contributed by atoms with Crippen LogP contribution in [0, 0.1) is 0 Å². The maximum absolute atomic E-state index is 12.9. The summed E-state index contributed by atoms with van der Waals surface area (Å²) in [6.07, 6.45) is 67.1. The van der Waals surface area contributed by atoms with Gasteiger partial charge < -0.3 is 14.2 Å². The van der Waals surface area contributed by atoms with Crippen molar-refractivity contribution in [3.05, 3.63) is 36.5 Å². The van der Waals surface area contributed by atoms with Gasteiger partial charge in [-0.2, -0.15) is 0 Å². The van der Waals surface area contributed by atoms with Crippen LogP contribution in [0.5, 0.6) is 0 Å². The molecule has 6 heteroatoms. The first-order chi connectivity index (χ1) is 33.0. The molecule has 1 atom stereocenters. The molecule has 6 nitrogen and oxygen atoms in total. The Morgan fingerprint density at radius 1 is 0.284 bits per heavy atom. The maximum Gasteiger partial charge on any atom is 0.306 e. The summed E-state index contributed by atoms with van der Waals surface area (Å²) in [6.45, 7) is 6.64. The third kappa shape index (κ3) is 54.4. The quantitative estimate of drug-likeness (QED) is 0.0262. The molecule has 0 spiro atoms. The van der Waals surface area contributed by atoms with Crippen molar-refractivity contribution in [2.24, 2.45) is 0 Å². The van der Waals surface area contributed by atoms with Crippen molar-refractivity contribution in [2.45, 2.75) is 322 Å². The normalized spacial score (nSPS) is 12.2. The Hall–Kier alpha value is -2.37. The van der Waals surface area contributed by atoms with Crippen molar-refractivity contribution >= 4 is 17.9 Å². The zero-order valence-electron chi connectivity index (χ0n) is 44.9. The average molecular weight is 942 g/mol. The van der Waals surface area contributed by atoms with Crippen LogP contribution in [0.1, 0.15) is 316 Å². The summed E-state index contributed by atoms with van der Waals surface area (Å²) < 4.78 is 16.9. The van der Waals surface area contributed by atoms with Crippen LogP contribution in [0.25, 0.3) is 0 Å². The van der Waals surface area contributed by atoms with Gasteiger partial charge in [-0.15, -0.1) is 0 Å². The van der Waals surface area contributed by atoms with Crippen LogP contribution in [0.4, 0.5) is 0 Å². The SMILES string of the molecule is CCCCC/C=C\CCCCCCCC(=O)OCC(COC(=O)CCCCCCCCCCC/C=C\CCCCCCCC)OC(=O)CCCCCCCCC/C=C\CCCCCCCCC. The van der Waals surface area contributed by atoms with Crippen molar-refractivity contribution in [1.82, 2.24) is 0 Å². The highest BCUT2D eigenvalue weighted by Gasteiger charge is 2.19. The number of ether oxygens (including phenoxy) is 3. The summed E-state index contributed by atoms with van der Waals surface area (Å²) in [5, 5.41) is 0. The maximum atomic E-state index is 12.9. The summed E-state index contributed by atoms with van der Waals surface area (Å²) in [4.78, 5) is 38.1. The second-order valence-corrected chi connectivity index (χ2v) is 19.9. The molecule has 0 aliphatic rings. The first-order valence-electron chi connectivity index (χ1n) is 29.5. The van der Waals surface area contributed by atoms with Crippen LogP contribution in [-0.4, -0.2) is 37.2 Å². The molecule has 0 heterocycles. The number of unbranched alkanes of at least 4 members (excludes halogenated alkanes) is 37. The van der Waals surface area contributed by atoms with E-state index in [9.17, 15) is 14.4 Å². The Kier molecular flexibility index (Phi) is 54.2. The number of hydrogen-bond donors (Lipinski definition) is 0. The molecule has 0 radical (unpaired) electrons. The Labute approximate surface area is 416 Å². The summed E-state index contributed by atoms with van der Waals surface area (Å²) >= 11 is 0. The van der Waals surface area contributed by atoms with Gasteiger partial charge in [-0.1, -0.05) is 237 Å². The molecule has 1 unspecified atom stereocenters. The fourth-order valence-corrected chi connectivity index (χ4v) is 8.60. The zero-order chi connectivity index (χ0) is 48.6. The predicted octanol–water partition coefficient (Wildman–Crippen LogP) is 19.7. The highest BCUT2D eigenvalue weighted by atomic mass is 16.6. The van der Waals surface area contributed by atoms with Gasteiger partial charge in [-0.05, 0) is 96.3 Å². The lowest BCUT2D eigenvalue weighted by Gasteiger charge is -2.18. The molecule has 0 aromatic heterocycles. The van der Waals surface area contributed by atoms with Crippen molar-refractivity contribution in [3.8, 4) is 0 Å². The Morgan fingerprint density at radius 3 is 0.776 bits per heavy atom. The number of carbonyl (C=O) groups is 3. The van der Waals surface area contributed by atoms with Gasteiger partial charge in [0.2, 0.25) is 0 Å². The van der Waals surface area contributed by atoms with Gasteiger partial charge in [0, 0.05) is 19.3 Å². The predicted molar refractivity (Wildman–Crippen MR) is 289 cm³/mol. The molecule has 0 saturated heterocycles. The van der Waals surface area contributed by atoms with Gasteiger partial charge in [-0.25, -0.2) is 0 Å². The molecule has 0 aliphatic heterocycles. The highest BCUT2D eigenvalue weighted by Crippen LogP contribution is 2.16. The minimum atomic E-state index is -0.777. The second kappa shape index (κ2) is 56.2. The van der Waals surface area contributed by atoms with E-state index in [-0.39, 0.29) is 31.1 Å². The number of allylic oxidation sites excluding steroid dienone is 6. The van der Waals surface area contributed by atoms with Crippen molar-refractivity contribution in [3.63, 3.8) is 0 Å². The van der Waals surface area contributed by atoms with E-state index in [1.165, 1.54) is 212 Å². The smallest absolute Gasteiger partial charge is 0.306 e. The lowest BCUT2D eigenvalue weighted by atomic mass is 10.1. The van der Waals surface area contributed by atoms with Crippen LogP contribution >= 0.6 is 0 Å². The van der Waals surface area contributed by atoms with E-state index in [4.69, 9.17) is 14.2 Å². The lowest BCUT2D eigenvalue weighted by molar-refractivity contribution is -0.167. The molecule has 0 fully saturated rings. The summed E-state index contributed by atoms with van der Waals surface area (Å²) in [5.41, 5.74) is 0. The number of esters is 3. The Bertz CT molecular complexity index is 1130. The molecule has 0 saturated carbocycles. The topological polar surface area (TPSA) is 78.9 Å². The van der Waals surface area contributed by atoms with Crippen LogP contribution in [0.2, 0.25) is 0 Å². The van der Waals surface area contributed by atoms with Crippen LogP contribution in [0.3, 0.4) is 0 Å². The highest BCUT2D eigenvalue weighted by molar-refractivity contribution is 5.71. The summed E-state index contributed by atoms with van der Waals surface area (Å²) in [5.74, 6) is -0.875. The molecular formula is C61H112O6. The third-order valence-corrected chi connectivity index (χ3v) is 13.1. The lowest BCUT2D eigenvalue weighted by Crippen LogP contribution is -2.30. The van der Waals surface area contributed by atoms with Gasteiger partial charge in [0.1, 0.15) is 13.2 Å². The van der Waals surface area contributed by atoms with Crippen LogP contribution in [0.15, 0.2) is 36.5 Å². The minimum Gasteiger partial charge on any atom is -0.462 e. The molecule has 0 amide bonds. The van der Waals surface area contributed by atoms with Crippen molar-refractivity contribution in [1.29, 1.82) is 0 Å². The van der Waals surface area contributed by atoms with Gasteiger partial charge in [0.05, 0.1) is 0 Å². The summed E-state index contributed by atoms with van der Waals surface area (Å²) in [7, 11) is 0. The van der Waals surface area contributed by atoms with Crippen molar-refractivity contribution < 1.29 is 28.6 Å². The van der Waals surface area contributed by atoms with Gasteiger partial charge >= 0.3 is 17.9 Å². The van der Waals surface area contributed by atoms with Crippen LogP contribution < -0.4 is 0 Å². The summed E-state index contributed by atoms with van der Waals surface area (Å²) in [6, 6.07) is 0.